The molecule has 0 saturated carbocycles. The molecule has 1 atom stereocenters. The molecule has 0 aliphatic rings. The van der Waals surface area contributed by atoms with Gasteiger partial charge in [0.05, 0.1) is 5.69 Å². The number of rotatable bonds is 4. The molecule has 0 fully saturated rings. The van der Waals surface area contributed by atoms with Gasteiger partial charge in [0, 0.05) is 5.69 Å². The molecule has 0 bridgehead atoms. The summed E-state index contributed by atoms with van der Waals surface area (Å²) < 4.78 is 31.7. The van der Waals surface area contributed by atoms with Gasteiger partial charge >= 0.3 is 0 Å². The van der Waals surface area contributed by atoms with Crippen molar-refractivity contribution in [2.24, 2.45) is 0 Å². The zero-order valence-corrected chi connectivity index (χ0v) is 11.3. The molecule has 21 heavy (non-hydrogen) atoms. The van der Waals surface area contributed by atoms with E-state index in [-0.39, 0.29) is 11.4 Å². The van der Waals surface area contributed by atoms with Crippen LogP contribution >= 0.6 is 0 Å². The number of ether oxygens (including phenoxy) is 1. The first kappa shape index (κ1) is 14.8. The Hall–Kier alpha value is -2.63. The lowest BCUT2D eigenvalue weighted by Crippen LogP contribution is -2.30. The molecule has 0 spiro atoms. The third-order valence-corrected chi connectivity index (χ3v) is 2.77. The normalized spacial score (nSPS) is 11.8. The van der Waals surface area contributed by atoms with Gasteiger partial charge in [0.25, 0.3) is 5.91 Å². The summed E-state index contributed by atoms with van der Waals surface area (Å²) in [7, 11) is 0. The summed E-state index contributed by atoms with van der Waals surface area (Å²) in [5.74, 6) is -1.63. The van der Waals surface area contributed by atoms with E-state index in [0.717, 1.165) is 6.07 Å². The van der Waals surface area contributed by atoms with Gasteiger partial charge in [0.1, 0.15) is 5.82 Å². The minimum absolute atomic E-state index is 0.0150. The third kappa shape index (κ3) is 3.68. The Morgan fingerprint density at radius 1 is 1.19 bits per heavy atom. The number of para-hydroxylation sites is 1. The van der Waals surface area contributed by atoms with Gasteiger partial charge in [0.15, 0.2) is 17.7 Å². The van der Waals surface area contributed by atoms with Gasteiger partial charge in [-0.15, -0.1) is 0 Å². The van der Waals surface area contributed by atoms with E-state index in [2.05, 4.69) is 5.32 Å². The molecule has 2 rings (SSSR count). The molecule has 0 aromatic heterocycles. The average molecular weight is 292 g/mol. The van der Waals surface area contributed by atoms with E-state index < -0.39 is 23.6 Å². The van der Waals surface area contributed by atoms with Crippen molar-refractivity contribution in [3.05, 3.63) is 54.1 Å². The number of anilines is 2. The first-order chi connectivity index (χ1) is 9.97. The monoisotopic (exact) mass is 292 g/mol. The van der Waals surface area contributed by atoms with Crippen molar-refractivity contribution in [3.63, 3.8) is 0 Å². The summed E-state index contributed by atoms with van der Waals surface area (Å²) in [5.41, 5.74) is 5.67. The maximum absolute atomic E-state index is 13.4. The van der Waals surface area contributed by atoms with E-state index in [1.807, 2.05) is 0 Å². The van der Waals surface area contributed by atoms with Gasteiger partial charge in [-0.1, -0.05) is 12.1 Å². The van der Waals surface area contributed by atoms with Gasteiger partial charge < -0.3 is 15.8 Å². The third-order valence-electron chi connectivity index (χ3n) is 2.77. The molecule has 3 N–H and O–H groups in total. The molecule has 0 saturated heterocycles. The summed E-state index contributed by atoms with van der Waals surface area (Å²) in [5, 5.41) is 2.52. The number of carbonyl (C=O) groups is 1. The summed E-state index contributed by atoms with van der Waals surface area (Å²) in [6.45, 7) is 1.48. The molecule has 0 radical (unpaired) electrons. The van der Waals surface area contributed by atoms with Crippen molar-refractivity contribution in [2.75, 3.05) is 11.1 Å². The van der Waals surface area contributed by atoms with Crippen LogP contribution in [0.3, 0.4) is 0 Å². The highest BCUT2D eigenvalue weighted by Crippen LogP contribution is 2.19. The molecular weight excluding hydrogens is 278 g/mol. The van der Waals surface area contributed by atoms with Gasteiger partial charge in [-0.05, 0) is 37.3 Å². The number of carbonyl (C=O) groups excluding carboxylic acids is 1. The molecular formula is C15H14F2N2O2. The van der Waals surface area contributed by atoms with Crippen molar-refractivity contribution in [1.82, 2.24) is 0 Å². The summed E-state index contributed by atoms with van der Waals surface area (Å²) >= 11 is 0. The minimum atomic E-state index is -0.923. The fourth-order valence-corrected chi connectivity index (χ4v) is 1.65. The fraction of sp³-hybridized carbons (Fsp3) is 0.133. The Morgan fingerprint density at radius 3 is 2.57 bits per heavy atom. The van der Waals surface area contributed by atoms with E-state index in [1.54, 1.807) is 6.07 Å². The second-order valence-corrected chi connectivity index (χ2v) is 4.42. The first-order valence-electron chi connectivity index (χ1n) is 6.24. The molecule has 2 aromatic carbocycles. The number of benzene rings is 2. The highest BCUT2D eigenvalue weighted by molar-refractivity contribution is 5.94. The minimum Gasteiger partial charge on any atom is -0.478 e. The zero-order chi connectivity index (χ0) is 15.4. The average Bonchev–Trinajstić information content (AvgIpc) is 2.45. The topological polar surface area (TPSA) is 64.3 Å². The molecule has 6 heteroatoms. The van der Waals surface area contributed by atoms with E-state index in [4.69, 9.17) is 10.5 Å². The maximum Gasteiger partial charge on any atom is 0.265 e. The Balaban J connectivity index is 2.02. The van der Waals surface area contributed by atoms with Crippen LogP contribution in [-0.4, -0.2) is 12.0 Å². The second-order valence-electron chi connectivity index (χ2n) is 4.42. The predicted molar refractivity (Wildman–Crippen MR) is 75.9 cm³/mol. The molecule has 110 valence electrons. The number of hydrogen-bond acceptors (Lipinski definition) is 3. The zero-order valence-electron chi connectivity index (χ0n) is 11.3. The van der Waals surface area contributed by atoms with Crippen LogP contribution in [0.1, 0.15) is 6.92 Å². The molecule has 0 aliphatic carbocycles. The largest absolute Gasteiger partial charge is 0.478 e. The highest BCUT2D eigenvalue weighted by Gasteiger charge is 2.16. The maximum atomic E-state index is 13.4. The lowest BCUT2D eigenvalue weighted by atomic mass is 10.2. The SMILES string of the molecule is CC(Oc1ccccc1F)C(=O)Nc1ccc(F)c(N)c1. The molecule has 1 unspecified atom stereocenters. The Bertz CT molecular complexity index is 662. The summed E-state index contributed by atoms with van der Waals surface area (Å²) in [6.07, 6.45) is -0.923. The van der Waals surface area contributed by atoms with Crippen LogP contribution in [0.5, 0.6) is 5.75 Å². The fourth-order valence-electron chi connectivity index (χ4n) is 1.65. The smallest absolute Gasteiger partial charge is 0.265 e. The van der Waals surface area contributed by atoms with E-state index in [9.17, 15) is 13.6 Å². The van der Waals surface area contributed by atoms with E-state index in [1.165, 1.54) is 37.3 Å². The van der Waals surface area contributed by atoms with E-state index >= 15 is 0 Å². The summed E-state index contributed by atoms with van der Waals surface area (Å²) in [6, 6.07) is 9.60. The van der Waals surface area contributed by atoms with Gasteiger partial charge in [-0.2, -0.15) is 0 Å². The second kappa shape index (κ2) is 6.21. The molecule has 0 heterocycles. The standard InChI is InChI=1S/C15H14F2N2O2/c1-9(21-14-5-3-2-4-12(14)17)15(20)19-10-6-7-11(16)13(18)8-10/h2-9H,18H2,1H3,(H,19,20). The van der Waals surface area contributed by atoms with Crippen LogP contribution in [0, 0.1) is 11.6 Å². The van der Waals surface area contributed by atoms with Gasteiger partial charge in [-0.3, -0.25) is 4.79 Å². The number of nitrogen functional groups attached to an aromatic ring is 1. The summed E-state index contributed by atoms with van der Waals surface area (Å²) in [4.78, 5) is 11.9. The van der Waals surface area contributed by atoms with Crippen LogP contribution < -0.4 is 15.8 Å². The number of hydrogen-bond donors (Lipinski definition) is 2. The lowest BCUT2D eigenvalue weighted by Gasteiger charge is -2.15. The quantitative estimate of drug-likeness (QED) is 0.852. The number of nitrogens with two attached hydrogens (primary N) is 1. The molecule has 1 amide bonds. The Morgan fingerprint density at radius 2 is 1.90 bits per heavy atom. The van der Waals surface area contributed by atoms with Crippen LogP contribution in [0.2, 0.25) is 0 Å². The van der Waals surface area contributed by atoms with Gasteiger partial charge in [-0.25, -0.2) is 8.78 Å². The number of nitrogens with one attached hydrogen (secondary N) is 1. The van der Waals surface area contributed by atoms with Crippen LogP contribution in [0.4, 0.5) is 20.2 Å². The Kier molecular flexibility index (Phi) is 4.37. The predicted octanol–water partition coefficient (Wildman–Crippen LogP) is 2.95. The van der Waals surface area contributed by atoms with Gasteiger partial charge in [0.2, 0.25) is 0 Å². The lowest BCUT2D eigenvalue weighted by molar-refractivity contribution is -0.122. The Labute approximate surface area is 120 Å². The highest BCUT2D eigenvalue weighted by atomic mass is 19.1. The van der Waals surface area contributed by atoms with Crippen LogP contribution in [0.25, 0.3) is 0 Å². The van der Waals surface area contributed by atoms with Crippen molar-refractivity contribution >= 4 is 17.3 Å². The van der Waals surface area contributed by atoms with Crippen LogP contribution in [0.15, 0.2) is 42.5 Å². The molecule has 2 aromatic rings. The van der Waals surface area contributed by atoms with Crippen molar-refractivity contribution < 1.29 is 18.3 Å². The van der Waals surface area contributed by atoms with Crippen molar-refractivity contribution in [3.8, 4) is 5.75 Å². The number of halogens is 2. The number of amides is 1. The van der Waals surface area contributed by atoms with Crippen molar-refractivity contribution in [1.29, 1.82) is 0 Å². The van der Waals surface area contributed by atoms with Crippen molar-refractivity contribution in [2.45, 2.75) is 13.0 Å². The molecule has 0 aliphatic heterocycles. The van der Waals surface area contributed by atoms with E-state index in [0.29, 0.717) is 5.69 Å². The van der Waals surface area contributed by atoms with Crippen LogP contribution in [-0.2, 0) is 4.79 Å². The first-order valence-corrected chi connectivity index (χ1v) is 6.24. The molecule has 4 nitrogen and oxygen atoms in total.